The van der Waals surface area contributed by atoms with Gasteiger partial charge in [-0.05, 0) is 67.9 Å². The van der Waals surface area contributed by atoms with E-state index in [4.69, 9.17) is 13.9 Å². The van der Waals surface area contributed by atoms with Crippen molar-refractivity contribution in [3.63, 3.8) is 0 Å². The van der Waals surface area contributed by atoms with E-state index in [1.807, 2.05) is 68.4 Å². The summed E-state index contributed by atoms with van der Waals surface area (Å²) in [4.78, 5) is 18.9. The summed E-state index contributed by atoms with van der Waals surface area (Å²) in [6.45, 7) is 4.76. The van der Waals surface area contributed by atoms with Crippen LogP contribution in [-0.2, 0) is 13.0 Å². The van der Waals surface area contributed by atoms with Crippen molar-refractivity contribution in [3.8, 4) is 34.8 Å². The van der Waals surface area contributed by atoms with Crippen LogP contribution < -0.4 is 9.47 Å². The van der Waals surface area contributed by atoms with Crippen molar-refractivity contribution >= 4 is 6.09 Å². The number of aryl methyl sites for hydroxylation is 1. The van der Waals surface area contributed by atoms with Gasteiger partial charge in [-0.2, -0.15) is 0 Å². The number of aromatic nitrogens is 1. The van der Waals surface area contributed by atoms with Crippen molar-refractivity contribution in [1.29, 1.82) is 0 Å². The largest absolute Gasteiger partial charge is 0.497 e. The predicted molar refractivity (Wildman–Crippen MR) is 139 cm³/mol. The van der Waals surface area contributed by atoms with E-state index in [0.29, 0.717) is 36.9 Å². The van der Waals surface area contributed by atoms with Crippen molar-refractivity contribution < 1.29 is 18.7 Å². The summed E-state index contributed by atoms with van der Waals surface area (Å²) in [5, 5.41) is 0. The molecule has 0 bridgehead atoms. The number of hydrogen-bond acceptors (Lipinski definition) is 5. The normalized spacial score (nSPS) is 10.3. The number of nitrogens with zero attached hydrogens (tertiary/aromatic N) is 2. The van der Waals surface area contributed by atoms with Gasteiger partial charge in [0.05, 0.1) is 19.2 Å². The lowest BCUT2D eigenvalue weighted by Crippen LogP contribution is -2.32. The smallest absolute Gasteiger partial charge is 0.415 e. The van der Waals surface area contributed by atoms with Crippen LogP contribution in [0.5, 0.6) is 11.5 Å². The number of carbonyl (C=O) groups is 1. The Labute approximate surface area is 211 Å². The van der Waals surface area contributed by atoms with E-state index in [2.05, 4.69) is 16.8 Å². The molecule has 0 spiro atoms. The number of rotatable bonds is 7. The van der Waals surface area contributed by atoms with Gasteiger partial charge in [0, 0.05) is 24.2 Å². The van der Waals surface area contributed by atoms with Gasteiger partial charge in [-0.15, -0.1) is 0 Å². The minimum atomic E-state index is -0.408. The van der Waals surface area contributed by atoms with Gasteiger partial charge in [0.2, 0.25) is 5.89 Å². The number of amides is 1. The van der Waals surface area contributed by atoms with E-state index in [-0.39, 0.29) is 0 Å². The molecule has 0 atom stereocenters. The number of methoxy groups -OCH3 is 1. The second-order valence-electron chi connectivity index (χ2n) is 8.12. The van der Waals surface area contributed by atoms with Gasteiger partial charge < -0.3 is 18.8 Å². The van der Waals surface area contributed by atoms with Gasteiger partial charge in [0.25, 0.3) is 0 Å². The Morgan fingerprint density at radius 2 is 1.75 bits per heavy atom. The average Bonchev–Trinajstić information content (AvgIpc) is 3.28. The molecule has 3 aromatic carbocycles. The number of oxazole rings is 1. The lowest BCUT2D eigenvalue weighted by Gasteiger charge is -2.20. The molecule has 182 valence electrons. The summed E-state index contributed by atoms with van der Waals surface area (Å²) in [5.74, 6) is 8.95. The molecule has 1 aromatic heterocycles. The minimum Gasteiger partial charge on any atom is -0.497 e. The Kier molecular flexibility index (Phi) is 8.05. The quantitative estimate of drug-likeness (QED) is 0.292. The molecule has 0 radical (unpaired) electrons. The second kappa shape index (κ2) is 11.8. The van der Waals surface area contributed by atoms with Crippen LogP contribution in [0.3, 0.4) is 0 Å². The first kappa shape index (κ1) is 24.6. The first-order valence-electron chi connectivity index (χ1n) is 11.8. The fourth-order valence-electron chi connectivity index (χ4n) is 3.61. The number of ether oxygens (including phenoxy) is 2. The van der Waals surface area contributed by atoms with Gasteiger partial charge in [-0.1, -0.05) is 42.2 Å². The van der Waals surface area contributed by atoms with E-state index in [9.17, 15) is 4.79 Å². The Bertz CT molecular complexity index is 1370. The number of benzene rings is 3. The number of hydrogen-bond donors (Lipinski definition) is 0. The summed E-state index contributed by atoms with van der Waals surface area (Å²) < 4.78 is 16.5. The van der Waals surface area contributed by atoms with Gasteiger partial charge in [0.1, 0.15) is 17.3 Å². The SMILES string of the molecule is CCN(Cc1cccc(C#CCc2nc(-c3ccccc3)oc2C)c1)C(=O)Oc1ccc(OC)cc1. The van der Waals surface area contributed by atoms with Crippen molar-refractivity contribution in [2.24, 2.45) is 0 Å². The van der Waals surface area contributed by atoms with Crippen molar-refractivity contribution in [1.82, 2.24) is 9.88 Å². The highest BCUT2D eigenvalue weighted by atomic mass is 16.6. The van der Waals surface area contributed by atoms with Gasteiger partial charge in [-0.3, -0.25) is 0 Å². The maximum absolute atomic E-state index is 12.7. The Morgan fingerprint density at radius 1 is 1.00 bits per heavy atom. The first-order valence-corrected chi connectivity index (χ1v) is 11.8. The lowest BCUT2D eigenvalue weighted by molar-refractivity contribution is 0.152. The summed E-state index contributed by atoms with van der Waals surface area (Å²) >= 11 is 0. The molecule has 6 nitrogen and oxygen atoms in total. The van der Waals surface area contributed by atoms with Crippen LogP contribution in [0.4, 0.5) is 4.79 Å². The molecule has 1 heterocycles. The summed E-state index contributed by atoms with van der Waals surface area (Å²) in [6, 6.07) is 24.6. The molecule has 0 unspecified atom stereocenters. The summed E-state index contributed by atoms with van der Waals surface area (Å²) in [6.07, 6.45) is 0.0802. The number of carbonyl (C=O) groups excluding carboxylic acids is 1. The van der Waals surface area contributed by atoms with E-state index < -0.39 is 6.09 Å². The standard InChI is InChI=1S/C30H28N2O4/c1-4-32(30(33)36-27-18-16-26(34-3)17-19-27)21-24-12-8-10-23(20-24)11-9-15-28-22(2)35-29(31-28)25-13-6-5-7-14-25/h5-8,10,12-14,16-20H,4,15,21H2,1-3H3. The zero-order chi connectivity index (χ0) is 25.3. The molecule has 1 amide bonds. The third kappa shape index (κ3) is 6.34. The fourth-order valence-corrected chi connectivity index (χ4v) is 3.61. The molecule has 0 saturated carbocycles. The van der Waals surface area contributed by atoms with Crippen LogP contribution in [0, 0.1) is 18.8 Å². The highest BCUT2D eigenvalue weighted by molar-refractivity contribution is 5.70. The van der Waals surface area contributed by atoms with Crippen molar-refractivity contribution in [2.45, 2.75) is 26.8 Å². The third-order valence-electron chi connectivity index (χ3n) is 5.61. The highest BCUT2D eigenvalue weighted by Gasteiger charge is 2.15. The molecule has 6 heteroatoms. The van der Waals surface area contributed by atoms with Crippen LogP contribution >= 0.6 is 0 Å². The molecule has 0 aliphatic carbocycles. The topological polar surface area (TPSA) is 64.8 Å². The lowest BCUT2D eigenvalue weighted by atomic mass is 10.1. The van der Waals surface area contributed by atoms with Crippen LogP contribution in [0.15, 0.2) is 83.3 Å². The molecule has 0 aliphatic heterocycles. The Morgan fingerprint density at radius 3 is 2.47 bits per heavy atom. The van der Waals surface area contributed by atoms with Gasteiger partial charge in [-0.25, -0.2) is 9.78 Å². The van der Waals surface area contributed by atoms with Crippen molar-refractivity contribution in [3.05, 3.63) is 101 Å². The second-order valence-corrected chi connectivity index (χ2v) is 8.12. The molecule has 0 fully saturated rings. The van der Waals surface area contributed by atoms with Gasteiger partial charge in [0.15, 0.2) is 0 Å². The molecule has 0 N–H and O–H groups in total. The highest BCUT2D eigenvalue weighted by Crippen LogP contribution is 2.22. The molecule has 0 aliphatic rings. The zero-order valence-corrected chi connectivity index (χ0v) is 20.7. The maximum Gasteiger partial charge on any atom is 0.415 e. The molecule has 4 aromatic rings. The Balaban J connectivity index is 1.39. The van der Waals surface area contributed by atoms with E-state index >= 15 is 0 Å². The van der Waals surface area contributed by atoms with Crippen molar-refractivity contribution in [2.75, 3.05) is 13.7 Å². The van der Waals surface area contributed by atoms with Crippen LogP contribution in [0.1, 0.15) is 29.5 Å². The molecule has 36 heavy (non-hydrogen) atoms. The van der Waals surface area contributed by atoms with E-state index in [0.717, 1.165) is 28.1 Å². The first-order chi connectivity index (χ1) is 17.6. The molecule has 4 rings (SSSR count). The van der Waals surface area contributed by atoms with E-state index in [1.165, 1.54) is 0 Å². The third-order valence-corrected chi connectivity index (χ3v) is 5.61. The average molecular weight is 481 g/mol. The summed E-state index contributed by atoms with van der Waals surface area (Å²) in [5.41, 5.74) is 3.62. The molecule has 0 saturated heterocycles. The minimum absolute atomic E-state index is 0.408. The Hall–Kier alpha value is -4.50. The zero-order valence-electron chi connectivity index (χ0n) is 20.7. The fraction of sp³-hybridized carbons (Fsp3) is 0.200. The monoisotopic (exact) mass is 480 g/mol. The molecular weight excluding hydrogens is 452 g/mol. The van der Waals surface area contributed by atoms with Gasteiger partial charge >= 0.3 is 6.09 Å². The predicted octanol–water partition coefficient (Wildman–Crippen LogP) is 6.27. The maximum atomic E-state index is 12.7. The van der Waals surface area contributed by atoms with E-state index in [1.54, 1.807) is 36.3 Å². The summed E-state index contributed by atoms with van der Waals surface area (Å²) in [7, 11) is 1.59. The molecular formula is C30H28N2O4. The van der Waals surface area contributed by atoms with Crippen LogP contribution in [-0.4, -0.2) is 29.6 Å². The van der Waals surface area contributed by atoms with Crippen LogP contribution in [0.25, 0.3) is 11.5 Å². The van der Waals surface area contributed by atoms with Crippen LogP contribution in [0.2, 0.25) is 0 Å².